The molecule has 28 heavy (non-hydrogen) atoms. The third kappa shape index (κ3) is 6.72. The van der Waals surface area contributed by atoms with Gasteiger partial charge in [0.2, 0.25) is 15.9 Å². The molecule has 1 aromatic rings. The number of carbonyl (C=O) groups is 1. The minimum absolute atomic E-state index is 0.154. The van der Waals surface area contributed by atoms with Crippen LogP contribution >= 0.6 is 0 Å². The van der Waals surface area contributed by atoms with Crippen LogP contribution in [-0.2, 0) is 14.8 Å². The van der Waals surface area contributed by atoms with Gasteiger partial charge in [0.1, 0.15) is 0 Å². The van der Waals surface area contributed by atoms with E-state index in [-0.39, 0.29) is 5.91 Å². The van der Waals surface area contributed by atoms with Gasteiger partial charge in [-0.1, -0.05) is 25.0 Å². The number of rotatable bonds is 8. The Morgan fingerprint density at radius 3 is 2.32 bits per heavy atom. The van der Waals surface area contributed by atoms with Crippen molar-refractivity contribution >= 4 is 22.0 Å². The molecule has 0 saturated carbocycles. The molecule has 6 nitrogen and oxygen atoms in total. The maximum Gasteiger partial charge on any atom is 0.244 e. The third-order valence-corrected chi connectivity index (χ3v) is 7.07. The molecule has 0 radical (unpaired) electrons. The van der Waals surface area contributed by atoms with E-state index in [0.29, 0.717) is 30.6 Å². The minimum Gasteiger partial charge on any atom is -0.351 e. The molecule has 1 aliphatic rings. The van der Waals surface area contributed by atoms with E-state index in [9.17, 15) is 13.2 Å². The number of hydrogen-bond donors (Lipinski definition) is 1. The van der Waals surface area contributed by atoms with Gasteiger partial charge in [-0.3, -0.25) is 4.79 Å². The van der Waals surface area contributed by atoms with Crippen molar-refractivity contribution in [3.63, 3.8) is 0 Å². The fraction of sp³-hybridized carbons (Fsp3) is 0.571. The summed E-state index contributed by atoms with van der Waals surface area (Å²) in [5.74, 6) is -0.154. The molecule has 1 amide bonds. The summed E-state index contributed by atoms with van der Waals surface area (Å²) in [4.78, 5) is 14.4. The number of carbonyl (C=O) groups excluding carboxylic acids is 1. The summed E-state index contributed by atoms with van der Waals surface area (Å²) in [7, 11) is -1.41. The number of amides is 1. The van der Waals surface area contributed by atoms with E-state index in [2.05, 4.69) is 24.1 Å². The highest BCUT2D eigenvalue weighted by Crippen LogP contribution is 2.20. The molecule has 0 atom stereocenters. The summed E-state index contributed by atoms with van der Waals surface area (Å²) in [6.45, 7) is 6.79. The first kappa shape index (κ1) is 22.6. The Morgan fingerprint density at radius 1 is 1.14 bits per heavy atom. The Labute approximate surface area is 169 Å². The van der Waals surface area contributed by atoms with Crippen LogP contribution in [-0.4, -0.2) is 62.8 Å². The van der Waals surface area contributed by atoms with Crippen LogP contribution in [0.15, 0.2) is 35.2 Å². The van der Waals surface area contributed by atoms with Crippen molar-refractivity contribution in [2.24, 2.45) is 0 Å². The molecular weight excluding hydrogens is 374 g/mol. The van der Waals surface area contributed by atoms with Crippen LogP contribution in [0.1, 0.15) is 45.1 Å². The monoisotopic (exact) mass is 407 g/mol. The van der Waals surface area contributed by atoms with Crippen LogP contribution in [0.4, 0.5) is 0 Å². The second-order valence-electron chi connectivity index (χ2n) is 7.59. The average molecular weight is 408 g/mol. The molecule has 0 aromatic heterocycles. The fourth-order valence-electron chi connectivity index (χ4n) is 3.03. The van der Waals surface area contributed by atoms with Crippen LogP contribution in [0.5, 0.6) is 0 Å². The molecule has 1 aromatic carbocycles. The number of nitrogens with one attached hydrogen (secondary N) is 1. The van der Waals surface area contributed by atoms with E-state index in [1.807, 2.05) is 7.05 Å². The predicted octanol–water partition coefficient (Wildman–Crippen LogP) is 2.72. The van der Waals surface area contributed by atoms with Crippen molar-refractivity contribution in [2.45, 2.75) is 50.5 Å². The summed E-state index contributed by atoms with van der Waals surface area (Å²) in [5.41, 5.74) is 0.796. The van der Waals surface area contributed by atoms with Crippen molar-refractivity contribution in [1.29, 1.82) is 0 Å². The molecule has 0 bridgehead atoms. The van der Waals surface area contributed by atoms with E-state index in [0.717, 1.165) is 37.8 Å². The van der Waals surface area contributed by atoms with Crippen LogP contribution < -0.4 is 5.32 Å². The van der Waals surface area contributed by atoms with Gasteiger partial charge in [0.05, 0.1) is 4.90 Å². The zero-order valence-corrected chi connectivity index (χ0v) is 18.0. The van der Waals surface area contributed by atoms with Gasteiger partial charge in [0.25, 0.3) is 0 Å². The Morgan fingerprint density at radius 2 is 1.75 bits per heavy atom. The maximum atomic E-state index is 12.8. The van der Waals surface area contributed by atoms with Crippen molar-refractivity contribution in [3.05, 3.63) is 35.9 Å². The standard InChI is InChI=1S/C21H33N3O3S/c1-18(2)23(3)17-14-22-21(25)13-10-19-8-11-20(12-9-19)28(26,27)24-15-6-4-5-7-16-24/h8-13,18H,4-7,14-17H2,1-3H3,(H,22,25). The van der Waals surface area contributed by atoms with Gasteiger partial charge in [0, 0.05) is 38.3 Å². The highest BCUT2D eigenvalue weighted by molar-refractivity contribution is 7.89. The van der Waals surface area contributed by atoms with Crippen LogP contribution in [0.25, 0.3) is 6.08 Å². The molecule has 0 spiro atoms. The number of sulfonamides is 1. The van der Waals surface area contributed by atoms with E-state index in [4.69, 9.17) is 0 Å². The SMILES string of the molecule is CC(C)N(C)CCNC(=O)C=Cc1ccc(S(=O)(=O)N2CCCCCC2)cc1. The Hall–Kier alpha value is -1.70. The summed E-state index contributed by atoms with van der Waals surface area (Å²) in [6, 6.07) is 7.16. The fourth-order valence-corrected chi connectivity index (χ4v) is 4.54. The van der Waals surface area contributed by atoms with Gasteiger partial charge in [-0.25, -0.2) is 8.42 Å². The molecule has 2 rings (SSSR count). The molecular formula is C21H33N3O3S. The molecule has 1 aliphatic heterocycles. The van der Waals surface area contributed by atoms with Crippen molar-refractivity contribution < 1.29 is 13.2 Å². The molecule has 1 saturated heterocycles. The quantitative estimate of drug-likeness (QED) is 0.673. The van der Waals surface area contributed by atoms with Crippen LogP contribution in [0, 0.1) is 0 Å². The molecule has 7 heteroatoms. The van der Waals surface area contributed by atoms with Gasteiger partial charge in [-0.15, -0.1) is 0 Å². The van der Waals surface area contributed by atoms with Gasteiger partial charge in [-0.05, 0) is 57.5 Å². The lowest BCUT2D eigenvalue weighted by Gasteiger charge is -2.20. The second kappa shape index (κ2) is 10.7. The molecule has 1 heterocycles. The number of benzene rings is 1. The van der Waals surface area contributed by atoms with Crippen molar-refractivity contribution in [2.75, 3.05) is 33.2 Å². The molecule has 0 aliphatic carbocycles. The topological polar surface area (TPSA) is 69.7 Å². The Kier molecular flexibility index (Phi) is 8.66. The summed E-state index contributed by atoms with van der Waals surface area (Å²) >= 11 is 0. The number of nitrogens with zero attached hydrogens (tertiary/aromatic N) is 2. The molecule has 1 fully saturated rings. The van der Waals surface area contributed by atoms with Gasteiger partial charge in [0.15, 0.2) is 0 Å². The van der Waals surface area contributed by atoms with Crippen LogP contribution in [0.3, 0.4) is 0 Å². The predicted molar refractivity (Wildman–Crippen MR) is 113 cm³/mol. The third-order valence-electron chi connectivity index (χ3n) is 5.16. The summed E-state index contributed by atoms with van der Waals surface area (Å²) in [5, 5.41) is 2.85. The maximum absolute atomic E-state index is 12.8. The van der Waals surface area contributed by atoms with Gasteiger partial charge >= 0.3 is 0 Å². The lowest BCUT2D eigenvalue weighted by molar-refractivity contribution is -0.116. The summed E-state index contributed by atoms with van der Waals surface area (Å²) < 4.78 is 27.1. The minimum atomic E-state index is -3.44. The van der Waals surface area contributed by atoms with E-state index in [1.165, 1.54) is 6.08 Å². The average Bonchev–Trinajstić information content (AvgIpc) is 2.96. The lowest BCUT2D eigenvalue weighted by Crippen LogP contribution is -2.35. The van der Waals surface area contributed by atoms with Gasteiger partial charge < -0.3 is 10.2 Å². The Bertz CT molecular complexity index is 750. The van der Waals surface area contributed by atoms with Gasteiger partial charge in [-0.2, -0.15) is 4.31 Å². The lowest BCUT2D eigenvalue weighted by atomic mass is 10.2. The molecule has 156 valence electrons. The van der Waals surface area contributed by atoms with E-state index in [1.54, 1.807) is 34.6 Å². The Balaban J connectivity index is 1.91. The molecule has 0 unspecified atom stereocenters. The summed E-state index contributed by atoms with van der Waals surface area (Å²) in [6.07, 6.45) is 7.19. The number of likely N-dealkylation sites (N-methyl/N-ethyl adjacent to an activating group) is 1. The highest BCUT2D eigenvalue weighted by atomic mass is 32.2. The number of hydrogen-bond acceptors (Lipinski definition) is 4. The first-order valence-corrected chi connectivity index (χ1v) is 11.5. The highest BCUT2D eigenvalue weighted by Gasteiger charge is 2.24. The normalized spacial score (nSPS) is 16.6. The second-order valence-corrected chi connectivity index (χ2v) is 9.52. The largest absolute Gasteiger partial charge is 0.351 e. The first-order chi connectivity index (χ1) is 13.3. The van der Waals surface area contributed by atoms with E-state index >= 15 is 0 Å². The van der Waals surface area contributed by atoms with Crippen LogP contribution in [0.2, 0.25) is 0 Å². The smallest absolute Gasteiger partial charge is 0.244 e. The zero-order valence-electron chi connectivity index (χ0n) is 17.2. The molecule has 1 N–H and O–H groups in total. The van der Waals surface area contributed by atoms with Crippen molar-refractivity contribution in [1.82, 2.24) is 14.5 Å². The zero-order chi connectivity index (χ0) is 20.6. The van der Waals surface area contributed by atoms with E-state index < -0.39 is 10.0 Å². The van der Waals surface area contributed by atoms with Crippen molar-refractivity contribution in [3.8, 4) is 0 Å². The first-order valence-electron chi connectivity index (χ1n) is 10.1.